The fourth-order valence-electron chi connectivity index (χ4n) is 3.21. The molecule has 3 rings (SSSR count). The summed E-state index contributed by atoms with van der Waals surface area (Å²) in [6.07, 6.45) is 3.49. The normalized spacial score (nSPS) is 13.9. The lowest BCUT2D eigenvalue weighted by Crippen LogP contribution is -2.29. The van der Waals surface area contributed by atoms with Crippen molar-refractivity contribution in [3.05, 3.63) is 76.7 Å². The number of fused-ring (bicyclic) bond motifs is 1. The molecule has 3 aromatic rings. The summed E-state index contributed by atoms with van der Waals surface area (Å²) >= 11 is 6.00. The number of rotatable bonds is 5. The summed E-state index contributed by atoms with van der Waals surface area (Å²) in [5.41, 5.74) is 1.18. The first kappa shape index (κ1) is 18.3. The Morgan fingerprint density at radius 1 is 1.19 bits per heavy atom. The van der Waals surface area contributed by atoms with Crippen LogP contribution in [0.5, 0.6) is 0 Å². The molecule has 0 radical (unpaired) electrons. The maximum absolute atomic E-state index is 11.6. The number of halogens is 1. The summed E-state index contributed by atoms with van der Waals surface area (Å²) in [5, 5.41) is 1.36. The number of nitrogens with zero attached hydrogens (tertiary/aromatic N) is 2. The second kappa shape index (κ2) is 6.67. The molecule has 5 nitrogen and oxygen atoms in total. The first-order valence-electron chi connectivity index (χ1n) is 8.04. The Balaban J connectivity index is 2.24. The van der Waals surface area contributed by atoms with Gasteiger partial charge in [-0.15, -0.1) is 0 Å². The zero-order valence-electron chi connectivity index (χ0n) is 14.4. The Bertz CT molecular complexity index is 1100. The first-order chi connectivity index (χ1) is 12.3. The fourth-order valence-corrected chi connectivity index (χ4v) is 3.91. The smallest absolute Gasteiger partial charge is 0.283 e. The topological polar surface area (TPSA) is 55.5 Å². The number of hydrogen-bond donors (Lipinski definition) is 1. The maximum Gasteiger partial charge on any atom is 0.337 e. The minimum Gasteiger partial charge on any atom is -0.283 e. The van der Waals surface area contributed by atoms with Crippen molar-refractivity contribution >= 4 is 38.2 Å². The predicted octanol–water partition coefficient (Wildman–Crippen LogP) is 4.70. The molecule has 0 aliphatic carbocycles. The quantitative estimate of drug-likeness (QED) is 0.645. The monoisotopic (exact) mass is 387 g/mol. The van der Waals surface area contributed by atoms with E-state index in [4.69, 9.17) is 18.2 Å². The van der Waals surface area contributed by atoms with Crippen LogP contribution in [-0.4, -0.2) is 19.2 Å². The van der Waals surface area contributed by atoms with Crippen molar-refractivity contribution in [2.45, 2.75) is 19.0 Å². The minimum atomic E-state index is -3.40. The Morgan fingerprint density at radius 2 is 1.88 bits per heavy atom. The molecule has 0 saturated heterocycles. The van der Waals surface area contributed by atoms with Crippen LogP contribution < -0.4 is 4.72 Å². The molecule has 1 atom stereocenters. The van der Waals surface area contributed by atoms with Crippen LogP contribution in [0.3, 0.4) is 0 Å². The molecule has 0 saturated carbocycles. The minimum absolute atomic E-state index is 0.495. The molecule has 0 aliphatic heterocycles. The van der Waals surface area contributed by atoms with Crippen LogP contribution in [0.1, 0.15) is 18.9 Å². The average Bonchev–Trinajstić information content (AvgIpc) is 3.03. The molecule has 26 heavy (non-hydrogen) atoms. The van der Waals surface area contributed by atoms with Gasteiger partial charge in [0.1, 0.15) is 0 Å². The van der Waals surface area contributed by atoms with E-state index in [0.717, 1.165) is 22.7 Å². The molecule has 1 aromatic heterocycles. The van der Waals surface area contributed by atoms with Crippen molar-refractivity contribution < 1.29 is 8.42 Å². The molecule has 134 valence electrons. The maximum atomic E-state index is 11.6. The summed E-state index contributed by atoms with van der Waals surface area (Å²) in [4.78, 5) is 3.97. The SMILES string of the molecule is [C-]#[N+][C@@](CC)(c1ccc(Cl)cc1)n1ccc2c(NS(C)(=O)=O)cccc21. The van der Waals surface area contributed by atoms with Crippen LogP contribution in [0.25, 0.3) is 15.7 Å². The van der Waals surface area contributed by atoms with E-state index < -0.39 is 15.7 Å². The predicted molar refractivity (Wildman–Crippen MR) is 106 cm³/mol. The van der Waals surface area contributed by atoms with Gasteiger partial charge in [-0.3, -0.25) is 14.1 Å². The van der Waals surface area contributed by atoms with E-state index >= 15 is 0 Å². The van der Waals surface area contributed by atoms with Crippen LogP contribution in [0, 0.1) is 6.57 Å². The third-order valence-corrected chi connectivity index (χ3v) is 5.25. The van der Waals surface area contributed by atoms with Crippen molar-refractivity contribution in [1.82, 2.24) is 4.57 Å². The third-order valence-electron chi connectivity index (χ3n) is 4.41. The summed E-state index contributed by atoms with van der Waals surface area (Å²) < 4.78 is 27.7. The Hall–Kier alpha value is -2.49. The Morgan fingerprint density at radius 3 is 2.46 bits per heavy atom. The molecule has 2 aromatic carbocycles. The van der Waals surface area contributed by atoms with E-state index in [1.807, 2.05) is 42.0 Å². The second-order valence-electron chi connectivity index (χ2n) is 6.09. The number of benzene rings is 2. The largest absolute Gasteiger partial charge is 0.337 e. The molecule has 0 aliphatic rings. The molecule has 7 heteroatoms. The highest BCUT2D eigenvalue weighted by molar-refractivity contribution is 7.92. The average molecular weight is 388 g/mol. The molecule has 0 fully saturated rings. The lowest BCUT2D eigenvalue weighted by Gasteiger charge is -2.24. The zero-order valence-corrected chi connectivity index (χ0v) is 16.0. The highest BCUT2D eigenvalue weighted by atomic mass is 35.5. The molecule has 0 spiro atoms. The summed E-state index contributed by atoms with van der Waals surface area (Å²) in [6.45, 7) is 9.86. The molecule has 0 amide bonds. The lowest BCUT2D eigenvalue weighted by molar-refractivity contribution is 0.442. The molecule has 0 bridgehead atoms. The van der Waals surface area contributed by atoms with E-state index in [0.29, 0.717) is 17.1 Å². The Labute approximate surface area is 158 Å². The molecular formula is C19H18ClN3O2S. The fraction of sp³-hybridized carbons (Fsp3) is 0.211. The van der Waals surface area contributed by atoms with E-state index in [1.54, 1.807) is 24.3 Å². The summed E-state index contributed by atoms with van der Waals surface area (Å²) in [5.74, 6) is 0. The number of anilines is 1. The summed E-state index contributed by atoms with van der Waals surface area (Å²) in [7, 11) is -3.40. The van der Waals surface area contributed by atoms with Gasteiger partial charge in [-0.05, 0) is 42.5 Å². The van der Waals surface area contributed by atoms with E-state index in [9.17, 15) is 8.42 Å². The van der Waals surface area contributed by atoms with E-state index in [2.05, 4.69) is 9.57 Å². The number of nitrogens with one attached hydrogen (secondary N) is 1. The number of sulfonamides is 1. The van der Waals surface area contributed by atoms with Crippen LogP contribution in [0.15, 0.2) is 54.7 Å². The number of hydrogen-bond acceptors (Lipinski definition) is 2. The molecule has 1 N–H and O–H groups in total. The van der Waals surface area contributed by atoms with E-state index in [-0.39, 0.29) is 0 Å². The Kier molecular flexibility index (Phi) is 4.70. The van der Waals surface area contributed by atoms with E-state index in [1.165, 1.54) is 0 Å². The van der Waals surface area contributed by atoms with Crippen molar-refractivity contribution in [2.75, 3.05) is 11.0 Å². The van der Waals surface area contributed by atoms with Crippen molar-refractivity contribution in [1.29, 1.82) is 0 Å². The van der Waals surface area contributed by atoms with Crippen molar-refractivity contribution in [2.24, 2.45) is 0 Å². The van der Waals surface area contributed by atoms with Gasteiger partial charge in [-0.2, -0.15) is 0 Å². The van der Waals surface area contributed by atoms with Gasteiger partial charge in [0.15, 0.2) is 0 Å². The van der Waals surface area contributed by atoms with Gasteiger partial charge < -0.3 is 0 Å². The first-order valence-corrected chi connectivity index (χ1v) is 10.3. The molecule has 0 unspecified atom stereocenters. The van der Waals surface area contributed by atoms with Crippen LogP contribution >= 0.6 is 11.6 Å². The third kappa shape index (κ3) is 3.16. The standard InChI is InChI=1S/C19H18ClN3O2S/c1-4-19(21-2,14-8-10-15(20)11-9-14)23-13-12-16-17(22-26(3,24)25)6-5-7-18(16)23/h5-13,22H,4H2,1,3H3/t19-/m1/s1. The van der Waals surface area contributed by atoms with Crippen LogP contribution in [0.4, 0.5) is 5.69 Å². The summed E-state index contributed by atoms with van der Waals surface area (Å²) in [6, 6.07) is 14.5. The number of aromatic nitrogens is 1. The highest BCUT2D eigenvalue weighted by Gasteiger charge is 2.40. The lowest BCUT2D eigenvalue weighted by atomic mass is 9.96. The van der Waals surface area contributed by atoms with Gasteiger partial charge >= 0.3 is 5.66 Å². The van der Waals surface area contributed by atoms with Crippen molar-refractivity contribution in [3.63, 3.8) is 0 Å². The highest BCUT2D eigenvalue weighted by Crippen LogP contribution is 2.37. The van der Waals surface area contributed by atoms with Gasteiger partial charge in [-0.1, -0.05) is 24.6 Å². The molecular weight excluding hydrogens is 370 g/mol. The van der Waals surface area contributed by atoms with Gasteiger partial charge in [0.2, 0.25) is 10.0 Å². The van der Waals surface area contributed by atoms with Gasteiger partial charge in [0.25, 0.3) is 0 Å². The van der Waals surface area contributed by atoms with Crippen LogP contribution in [0.2, 0.25) is 5.02 Å². The van der Waals surface area contributed by atoms with Crippen LogP contribution in [-0.2, 0) is 15.7 Å². The molecule has 1 heterocycles. The van der Waals surface area contributed by atoms with Gasteiger partial charge in [-0.25, -0.2) is 15.0 Å². The second-order valence-corrected chi connectivity index (χ2v) is 8.27. The van der Waals surface area contributed by atoms with Crippen molar-refractivity contribution in [3.8, 4) is 0 Å². The van der Waals surface area contributed by atoms with Gasteiger partial charge in [0, 0.05) is 23.0 Å². The van der Waals surface area contributed by atoms with Gasteiger partial charge in [0.05, 0.1) is 23.0 Å². The zero-order chi connectivity index (χ0) is 18.9.